The van der Waals surface area contributed by atoms with Crippen molar-refractivity contribution in [2.24, 2.45) is 5.84 Å². The van der Waals surface area contributed by atoms with Gasteiger partial charge in [0, 0.05) is 17.1 Å². The predicted molar refractivity (Wildman–Crippen MR) is 87.3 cm³/mol. The summed E-state index contributed by atoms with van der Waals surface area (Å²) < 4.78 is 6.30. The predicted octanol–water partition coefficient (Wildman–Crippen LogP) is 3.11. The van der Waals surface area contributed by atoms with Crippen molar-refractivity contribution in [3.05, 3.63) is 40.1 Å². The fourth-order valence-electron chi connectivity index (χ4n) is 1.77. The number of aromatic nitrogens is 2. The molecule has 112 valence electrons. The van der Waals surface area contributed by atoms with Crippen LogP contribution in [0.2, 0.25) is 0 Å². The highest BCUT2D eigenvalue weighted by Crippen LogP contribution is 2.26. The van der Waals surface area contributed by atoms with E-state index in [-0.39, 0.29) is 0 Å². The molecule has 0 atom stereocenters. The average molecular weight is 352 g/mol. The van der Waals surface area contributed by atoms with Crippen LogP contribution in [0.15, 0.2) is 28.7 Å². The van der Waals surface area contributed by atoms with Crippen molar-refractivity contribution in [2.45, 2.75) is 20.5 Å². The van der Waals surface area contributed by atoms with Crippen molar-refractivity contribution >= 4 is 33.3 Å². The standard InChI is InChI=1S/C14H18BrN5O/c1-3-21-8-14-18-12(7-13(19-14)20-16)17-11-6-9(2)4-5-10(11)15/h4-7H,3,8,16H2,1-2H3,(H2,17,18,19,20). The van der Waals surface area contributed by atoms with Crippen molar-refractivity contribution in [3.8, 4) is 0 Å². The first-order valence-corrected chi connectivity index (χ1v) is 7.37. The first-order chi connectivity index (χ1) is 10.1. The molecule has 0 spiro atoms. The number of nitrogen functional groups attached to an aromatic ring is 1. The van der Waals surface area contributed by atoms with Crippen molar-refractivity contribution < 1.29 is 4.74 Å². The number of hydrogen-bond donors (Lipinski definition) is 3. The fourth-order valence-corrected chi connectivity index (χ4v) is 2.11. The number of nitrogens with zero attached hydrogens (tertiary/aromatic N) is 2. The number of rotatable bonds is 6. The largest absolute Gasteiger partial charge is 0.374 e. The molecule has 4 N–H and O–H groups in total. The van der Waals surface area contributed by atoms with Gasteiger partial charge in [-0.3, -0.25) is 0 Å². The van der Waals surface area contributed by atoms with Crippen LogP contribution in [0.5, 0.6) is 0 Å². The van der Waals surface area contributed by atoms with E-state index in [4.69, 9.17) is 10.6 Å². The molecule has 0 radical (unpaired) electrons. The summed E-state index contributed by atoms with van der Waals surface area (Å²) in [6.07, 6.45) is 0. The fraction of sp³-hybridized carbons (Fsp3) is 0.286. The zero-order valence-corrected chi connectivity index (χ0v) is 13.6. The molecule has 21 heavy (non-hydrogen) atoms. The summed E-state index contributed by atoms with van der Waals surface area (Å²) >= 11 is 3.51. The SMILES string of the molecule is CCOCc1nc(NN)cc(Nc2cc(C)ccc2Br)n1. The zero-order chi connectivity index (χ0) is 15.2. The molecule has 6 nitrogen and oxygen atoms in total. The van der Waals surface area contributed by atoms with Crippen LogP contribution in [0.4, 0.5) is 17.3 Å². The molecule has 2 aromatic rings. The van der Waals surface area contributed by atoms with Crippen molar-refractivity contribution in [1.82, 2.24) is 9.97 Å². The summed E-state index contributed by atoms with van der Waals surface area (Å²) in [7, 11) is 0. The number of hydrazine groups is 1. The van der Waals surface area contributed by atoms with Crippen LogP contribution in [0.1, 0.15) is 18.3 Å². The lowest BCUT2D eigenvalue weighted by Gasteiger charge is -2.11. The third-order valence-corrected chi connectivity index (χ3v) is 3.43. The van der Waals surface area contributed by atoms with Crippen molar-refractivity contribution in [3.63, 3.8) is 0 Å². The molecule has 0 saturated heterocycles. The van der Waals surface area contributed by atoms with Gasteiger partial charge in [-0.25, -0.2) is 15.8 Å². The lowest BCUT2D eigenvalue weighted by Crippen LogP contribution is -2.12. The maximum atomic E-state index is 5.45. The van der Waals surface area contributed by atoms with E-state index < -0.39 is 0 Å². The monoisotopic (exact) mass is 351 g/mol. The molecule has 0 fully saturated rings. The highest BCUT2D eigenvalue weighted by molar-refractivity contribution is 9.10. The van der Waals surface area contributed by atoms with Gasteiger partial charge in [-0.15, -0.1) is 0 Å². The topological polar surface area (TPSA) is 85.1 Å². The average Bonchev–Trinajstić information content (AvgIpc) is 2.48. The van der Waals surface area contributed by atoms with Crippen molar-refractivity contribution in [1.29, 1.82) is 0 Å². The van der Waals surface area contributed by atoms with Gasteiger partial charge in [0.15, 0.2) is 5.82 Å². The van der Waals surface area contributed by atoms with Crippen LogP contribution in [0.25, 0.3) is 0 Å². The lowest BCUT2D eigenvalue weighted by atomic mass is 10.2. The van der Waals surface area contributed by atoms with Gasteiger partial charge in [-0.2, -0.15) is 0 Å². The molecule has 0 aliphatic carbocycles. The van der Waals surface area contributed by atoms with E-state index in [0.717, 1.165) is 15.7 Å². The van der Waals surface area contributed by atoms with E-state index in [1.165, 1.54) is 0 Å². The number of halogens is 1. The second kappa shape index (κ2) is 7.35. The Morgan fingerprint density at radius 3 is 2.71 bits per heavy atom. The number of benzene rings is 1. The van der Waals surface area contributed by atoms with Gasteiger partial charge >= 0.3 is 0 Å². The minimum absolute atomic E-state index is 0.343. The maximum absolute atomic E-state index is 5.45. The zero-order valence-electron chi connectivity index (χ0n) is 12.0. The molecule has 0 saturated carbocycles. The number of aryl methyl sites for hydroxylation is 1. The number of nitrogens with two attached hydrogens (primary N) is 1. The van der Waals surface area contributed by atoms with Gasteiger partial charge in [-0.1, -0.05) is 6.07 Å². The number of hydrogen-bond acceptors (Lipinski definition) is 6. The molecule has 1 heterocycles. The summed E-state index contributed by atoms with van der Waals surface area (Å²) in [5.74, 6) is 7.20. The van der Waals surface area contributed by atoms with E-state index in [1.54, 1.807) is 6.07 Å². The summed E-state index contributed by atoms with van der Waals surface area (Å²) in [5.41, 5.74) is 4.62. The van der Waals surface area contributed by atoms with E-state index >= 15 is 0 Å². The second-order valence-corrected chi connectivity index (χ2v) is 5.30. The van der Waals surface area contributed by atoms with E-state index in [0.29, 0.717) is 30.7 Å². The third-order valence-electron chi connectivity index (χ3n) is 2.74. The Labute approximate surface area is 132 Å². The summed E-state index contributed by atoms with van der Waals surface area (Å²) in [5, 5.41) is 3.26. The van der Waals surface area contributed by atoms with Gasteiger partial charge in [0.2, 0.25) is 0 Å². The van der Waals surface area contributed by atoms with Crippen LogP contribution in [-0.2, 0) is 11.3 Å². The Morgan fingerprint density at radius 1 is 1.24 bits per heavy atom. The number of nitrogens with one attached hydrogen (secondary N) is 2. The lowest BCUT2D eigenvalue weighted by molar-refractivity contribution is 0.128. The van der Waals surface area contributed by atoms with Gasteiger partial charge < -0.3 is 15.5 Å². The van der Waals surface area contributed by atoms with Gasteiger partial charge in [0.25, 0.3) is 0 Å². The number of ether oxygens (including phenoxy) is 1. The van der Waals surface area contributed by atoms with Crippen molar-refractivity contribution in [2.75, 3.05) is 17.3 Å². The molecule has 0 amide bonds. The molecule has 0 bridgehead atoms. The second-order valence-electron chi connectivity index (χ2n) is 4.44. The molecule has 7 heteroatoms. The van der Waals surface area contributed by atoms with Crippen LogP contribution >= 0.6 is 15.9 Å². The van der Waals surface area contributed by atoms with Crippen LogP contribution in [0.3, 0.4) is 0 Å². The molecule has 0 aliphatic rings. The minimum Gasteiger partial charge on any atom is -0.374 e. The number of anilines is 3. The molecule has 1 aromatic carbocycles. The van der Waals surface area contributed by atoms with Gasteiger partial charge in [0.05, 0.1) is 5.69 Å². The maximum Gasteiger partial charge on any atom is 0.158 e. The molecular weight excluding hydrogens is 334 g/mol. The molecule has 2 rings (SSSR count). The molecule has 0 aliphatic heterocycles. The van der Waals surface area contributed by atoms with Crippen LogP contribution in [-0.4, -0.2) is 16.6 Å². The first kappa shape index (κ1) is 15.7. The summed E-state index contributed by atoms with van der Waals surface area (Å²) in [6, 6.07) is 7.79. The van der Waals surface area contributed by atoms with E-state index in [1.807, 2.05) is 32.0 Å². The molecule has 0 unspecified atom stereocenters. The van der Waals surface area contributed by atoms with Gasteiger partial charge in [0.1, 0.15) is 18.2 Å². The Bertz CT molecular complexity index is 620. The minimum atomic E-state index is 0.343. The first-order valence-electron chi connectivity index (χ1n) is 6.58. The third kappa shape index (κ3) is 4.38. The van der Waals surface area contributed by atoms with E-state index in [2.05, 4.69) is 36.6 Å². The summed E-state index contributed by atoms with van der Waals surface area (Å²) in [6.45, 7) is 4.91. The Kier molecular flexibility index (Phi) is 5.49. The highest BCUT2D eigenvalue weighted by atomic mass is 79.9. The quantitative estimate of drug-likeness (QED) is 0.547. The smallest absolute Gasteiger partial charge is 0.158 e. The Balaban J connectivity index is 2.27. The van der Waals surface area contributed by atoms with Crippen LogP contribution < -0.4 is 16.6 Å². The molecule has 1 aromatic heterocycles. The highest BCUT2D eigenvalue weighted by Gasteiger charge is 2.07. The summed E-state index contributed by atoms with van der Waals surface area (Å²) in [4.78, 5) is 8.67. The Hall–Kier alpha value is -1.70. The Morgan fingerprint density at radius 2 is 2.00 bits per heavy atom. The normalized spacial score (nSPS) is 10.5. The van der Waals surface area contributed by atoms with Crippen LogP contribution in [0, 0.1) is 6.92 Å². The van der Waals surface area contributed by atoms with E-state index in [9.17, 15) is 0 Å². The van der Waals surface area contributed by atoms with Gasteiger partial charge in [-0.05, 0) is 47.5 Å². The molecular formula is C14H18BrN5O.